The highest BCUT2D eigenvalue weighted by Crippen LogP contribution is 2.30. The van der Waals surface area contributed by atoms with Crippen molar-refractivity contribution in [2.45, 2.75) is 26.3 Å². The maximum absolute atomic E-state index is 5.90. The molecule has 0 bridgehead atoms. The van der Waals surface area contributed by atoms with Crippen molar-refractivity contribution in [3.63, 3.8) is 0 Å². The second kappa shape index (κ2) is 7.18. The molecule has 0 aliphatic heterocycles. The maximum Gasteiger partial charge on any atom is 0.125 e. The average molecular weight is 289 g/mol. The standard InChI is InChI=1S/C17H23NO3/c1-5-13-7-8-16(21-13)17(18-6-2)12-9-14(19-3)11-15(10-12)20-4/h7-11,17-18H,5-6H2,1-4H3. The first-order valence-electron chi connectivity index (χ1n) is 7.26. The highest BCUT2D eigenvalue weighted by atomic mass is 16.5. The molecule has 2 aromatic rings. The van der Waals surface area contributed by atoms with Gasteiger partial charge in [-0.3, -0.25) is 0 Å². The van der Waals surface area contributed by atoms with Crippen molar-refractivity contribution in [3.05, 3.63) is 47.4 Å². The van der Waals surface area contributed by atoms with Crippen molar-refractivity contribution in [1.29, 1.82) is 0 Å². The summed E-state index contributed by atoms with van der Waals surface area (Å²) in [6.07, 6.45) is 0.889. The predicted octanol–water partition coefficient (Wildman–Crippen LogP) is 3.56. The molecule has 0 radical (unpaired) electrons. The first-order chi connectivity index (χ1) is 10.2. The predicted molar refractivity (Wildman–Crippen MR) is 83.2 cm³/mol. The minimum atomic E-state index is -0.0145. The third-order valence-electron chi connectivity index (χ3n) is 3.43. The van der Waals surface area contributed by atoms with Crippen LogP contribution in [-0.4, -0.2) is 20.8 Å². The van der Waals surface area contributed by atoms with E-state index in [1.165, 1.54) is 0 Å². The molecular formula is C17H23NO3. The summed E-state index contributed by atoms with van der Waals surface area (Å²) in [5, 5.41) is 3.45. The van der Waals surface area contributed by atoms with Crippen molar-refractivity contribution >= 4 is 0 Å². The van der Waals surface area contributed by atoms with E-state index in [1.54, 1.807) is 14.2 Å². The van der Waals surface area contributed by atoms with Crippen LogP contribution in [0.4, 0.5) is 0 Å². The van der Waals surface area contributed by atoms with Gasteiger partial charge in [0.15, 0.2) is 0 Å². The zero-order chi connectivity index (χ0) is 15.2. The Morgan fingerprint density at radius 2 is 1.71 bits per heavy atom. The molecule has 1 aromatic carbocycles. The van der Waals surface area contributed by atoms with Gasteiger partial charge in [0, 0.05) is 12.5 Å². The van der Waals surface area contributed by atoms with Gasteiger partial charge in [0.05, 0.1) is 20.3 Å². The van der Waals surface area contributed by atoms with Crippen molar-refractivity contribution in [3.8, 4) is 11.5 Å². The third-order valence-corrected chi connectivity index (χ3v) is 3.43. The highest BCUT2D eigenvalue weighted by Gasteiger charge is 2.18. The lowest BCUT2D eigenvalue weighted by molar-refractivity contribution is 0.389. The number of ether oxygens (including phenoxy) is 2. The Balaban J connectivity index is 2.41. The molecule has 4 nitrogen and oxygen atoms in total. The van der Waals surface area contributed by atoms with Crippen LogP contribution in [0, 0.1) is 0 Å². The lowest BCUT2D eigenvalue weighted by Gasteiger charge is -2.18. The van der Waals surface area contributed by atoms with Crippen LogP contribution in [0.15, 0.2) is 34.7 Å². The van der Waals surface area contributed by atoms with Gasteiger partial charge in [-0.25, -0.2) is 0 Å². The van der Waals surface area contributed by atoms with Gasteiger partial charge in [0.2, 0.25) is 0 Å². The minimum Gasteiger partial charge on any atom is -0.497 e. The summed E-state index contributed by atoms with van der Waals surface area (Å²) in [6, 6.07) is 9.91. The van der Waals surface area contributed by atoms with Gasteiger partial charge in [0.1, 0.15) is 23.0 Å². The summed E-state index contributed by atoms with van der Waals surface area (Å²) in [6.45, 7) is 5.00. The summed E-state index contributed by atoms with van der Waals surface area (Å²) < 4.78 is 16.6. The van der Waals surface area contributed by atoms with E-state index in [2.05, 4.69) is 19.2 Å². The molecule has 1 N–H and O–H groups in total. The van der Waals surface area contributed by atoms with E-state index in [0.717, 1.165) is 41.5 Å². The molecule has 0 saturated heterocycles. The van der Waals surface area contributed by atoms with E-state index in [-0.39, 0.29) is 6.04 Å². The van der Waals surface area contributed by atoms with Crippen LogP contribution < -0.4 is 14.8 Å². The molecule has 0 aliphatic carbocycles. The SMILES string of the molecule is CCNC(c1cc(OC)cc(OC)c1)c1ccc(CC)o1. The molecule has 2 rings (SSSR count). The maximum atomic E-state index is 5.90. The van der Waals surface area contributed by atoms with E-state index in [1.807, 2.05) is 30.3 Å². The van der Waals surface area contributed by atoms with Gasteiger partial charge in [-0.15, -0.1) is 0 Å². The Labute approximate surface area is 126 Å². The van der Waals surface area contributed by atoms with Crippen molar-refractivity contribution < 1.29 is 13.9 Å². The zero-order valence-electron chi connectivity index (χ0n) is 13.1. The molecule has 21 heavy (non-hydrogen) atoms. The first-order valence-corrected chi connectivity index (χ1v) is 7.26. The Morgan fingerprint density at radius 1 is 1.05 bits per heavy atom. The molecule has 0 aliphatic rings. The number of aryl methyl sites for hydroxylation is 1. The number of rotatable bonds is 7. The quantitative estimate of drug-likeness (QED) is 0.846. The topological polar surface area (TPSA) is 43.6 Å². The number of hydrogen-bond donors (Lipinski definition) is 1. The number of benzene rings is 1. The van der Waals surface area contributed by atoms with E-state index in [4.69, 9.17) is 13.9 Å². The largest absolute Gasteiger partial charge is 0.497 e. The molecule has 1 heterocycles. The first kappa shape index (κ1) is 15.4. The Kier molecular flexibility index (Phi) is 5.28. The van der Waals surface area contributed by atoms with E-state index >= 15 is 0 Å². The smallest absolute Gasteiger partial charge is 0.125 e. The van der Waals surface area contributed by atoms with Gasteiger partial charge >= 0.3 is 0 Å². The molecule has 1 atom stereocenters. The normalized spacial score (nSPS) is 12.2. The second-order valence-electron chi connectivity index (χ2n) is 4.79. The fourth-order valence-corrected chi connectivity index (χ4v) is 2.32. The van der Waals surface area contributed by atoms with Gasteiger partial charge in [0.25, 0.3) is 0 Å². The van der Waals surface area contributed by atoms with Crippen LogP contribution in [0.2, 0.25) is 0 Å². The van der Waals surface area contributed by atoms with Crippen LogP contribution in [0.3, 0.4) is 0 Å². The Bertz CT molecular complexity index is 555. The Hall–Kier alpha value is -1.94. The summed E-state index contributed by atoms with van der Waals surface area (Å²) >= 11 is 0. The summed E-state index contributed by atoms with van der Waals surface area (Å²) in [5.74, 6) is 3.44. The van der Waals surface area contributed by atoms with Crippen LogP contribution in [0.5, 0.6) is 11.5 Å². The van der Waals surface area contributed by atoms with Crippen LogP contribution >= 0.6 is 0 Å². The molecule has 0 fully saturated rings. The molecule has 1 unspecified atom stereocenters. The summed E-state index contributed by atoms with van der Waals surface area (Å²) in [7, 11) is 3.31. The van der Waals surface area contributed by atoms with E-state index in [9.17, 15) is 0 Å². The number of hydrogen-bond acceptors (Lipinski definition) is 4. The van der Waals surface area contributed by atoms with E-state index in [0.29, 0.717) is 0 Å². The van der Waals surface area contributed by atoms with Gasteiger partial charge in [-0.1, -0.05) is 13.8 Å². The van der Waals surface area contributed by atoms with E-state index < -0.39 is 0 Å². The molecule has 0 saturated carbocycles. The van der Waals surface area contributed by atoms with Crippen LogP contribution in [0.25, 0.3) is 0 Å². The van der Waals surface area contributed by atoms with Gasteiger partial charge in [-0.2, -0.15) is 0 Å². The van der Waals surface area contributed by atoms with Crippen molar-refractivity contribution in [2.24, 2.45) is 0 Å². The highest BCUT2D eigenvalue weighted by molar-refractivity contribution is 5.42. The fraction of sp³-hybridized carbons (Fsp3) is 0.412. The van der Waals surface area contributed by atoms with Gasteiger partial charge < -0.3 is 19.2 Å². The number of furan rings is 1. The molecule has 0 amide bonds. The third kappa shape index (κ3) is 3.58. The van der Waals surface area contributed by atoms with Crippen molar-refractivity contribution in [2.75, 3.05) is 20.8 Å². The molecule has 114 valence electrons. The van der Waals surface area contributed by atoms with Crippen LogP contribution in [-0.2, 0) is 6.42 Å². The van der Waals surface area contributed by atoms with Crippen LogP contribution in [0.1, 0.15) is 37.0 Å². The van der Waals surface area contributed by atoms with Crippen molar-refractivity contribution in [1.82, 2.24) is 5.32 Å². The monoisotopic (exact) mass is 289 g/mol. The lowest BCUT2D eigenvalue weighted by atomic mass is 10.0. The number of nitrogens with one attached hydrogen (secondary N) is 1. The lowest BCUT2D eigenvalue weighted by Crippen LogP contribution is -2.21. The molecule has 1 aromatic heterocycles. The zero-order valence-corrected chi connectivity index (χ0v) is 13.1. The fourth-order valence-electron chi connectivity index (χ4n) is 2.32. The summed E-state index contributed by atoms with van der Waals surface area (Å²) in [5.41, 5.74) is 1.06. The Morgan fingerprint density at radius 3 is 2.19 bits per heavy atom. The molecule has 0 spiro atoms. The molecule has 4 heteroatoms. The van der Waals surface area contributed by atoms with Gasteiger partial charge in [-0.05, 0) is 36.4 Å². The minimum absolute atomic E-state index is 0.0145. The number of methoxy groups -OCH3 is 2. The average Bonchev–Trinajstić information content (AvgIpc) is 3.00. The molecular weight excluding hydrogens is 266 g/mol. The second-order valence-corrected chi connectivity index (χ2v) is 4.79. The summed E-state index contributed by atoms with van der Waals surface area (Å²) in [4.78, 5) is 0.